The molecule has 0 aliphatic carbocycles. The highest BCUT2D eigenvalue weighted by atomic mass is 127. The zero-order valence-corrected chi connectivity index (χ0v) is 12.8. The first-order valence-corrected chi connectivity index (χ1v) is 7.44. The Labute approximate surface area is 116 Å². The van der Waals surface area contributed by atoms with Gasteiger partial charge in [-0.3, -0.25) is 0 Å². The van der Waals surface area contributed by atoms with Gasteiger partial charge in [-0.2, -0.15) is 0 Å². The van der Waals surface area contributed by atoms with Crippen LogP contribution in [0.4, 0.5) is 0 Å². The lowest BCUT2D eigenvalue weighted by Gasteiger charge is -2.07. The van der Waals surface area contributed by atoms with Crippen molar-refractivity contribution in [2.75, 3.05) is 0 Å². The number of hydrogen-bond acceptors (Lipinski definition) is 1. The van der Waals surface area contributed by atoms with Crippen molar-refractivity contribution in [2.24, 2.45) is 0 Å². The van der Waals surface area contributed by atoms with Crippen LogP contribution in [0, 0.1) is 10.5 Å². The summed E-state index contributed by atoms with van der Waals surface area (Å²) in [6.45, 7) is 2.14. The van der Waals surface area contributed by atoms with Crippen molar-refractivity contribution >= 4 is 49.9 Å². The summed E-state index contributed by atoms with van der Waals surface area (Å²) in [5, 5.41) is 0. The van der Waals surface area contributed by atoms with Gasteiger partial charge in [0.05, 0.1) is 4.83 Å². The smallest absolute Gasteiger partial charge is 0.0738 e. The SMILES string of the molecule is Cc1ccc(C(Br)c2ccc(I)cc2)s1. The van der Waals surface area contributed by atoms with Crippen LogP contribution in [0.3, 0.4) is 0 Å². The zero-order chi connectivity index (χ0) is 10.8. The van der Waals surface area contributed by atoms with E-state index in [0.29, 0.717) is 4.83 Å². The predicted molar refractivity (Wildman–Crippen MR) is 79.0 cm³/mol. The first-order chi connectivity index (χ1) is 7.16. The van der Waals surface area contributed by atoms with E-state index in [-0.39, 0.29) is 0 Å². The number of thiophene rings is 1. The maximum Gasteiger partial charge on any atom is 0.0738 e. The van der Waals surface area contributed by atoms with E-state index in [1.807, 2.05) is 11.3 Å². The number of benzene rings is 1. The van der Waals surface area contributed by atoms with Crippen molar-refractivity contribution < 1.29 is 0 Å². The fourth-order valence-electron chi connectivity index (χ4n) is 1.39. The molecule has 3 heteroatoms. The maximum atomic E-state index is 3.74. The molecule has 0 N–H and O–H groups in total. The normalized spacial score (nSPS) is 12.7. The molecule has 0 amide bonds. The van der Waals surface area contributed by atoms with Crippen LogP contribution in [-0.2, 0) is 0 Å². The van der Waals surface area contributed by atoms with Crippen LogP contribution in [0.5, 0.6) is 0 Å². The van der Waals surface area contributed by atoms with E-state index in [1.165, 1.54) is 18.9 Å². The van der Waals surface area contributed by atoms with Gasteiger partial charge in [0.2, 0.25) is 0 Å². The summed E-state index contributed by atoms with van der Waals surface area (Å²) in [7, 11) is 0. The van der Waals surface area contributed by atoms with Crippen LogP contribution in [0.2, 0.25) is 0 Å². The quantitative estimate of drug-likeness (QED) is 0.490. The van der Waals surface area contributed by atoms with Gasteiger partial charge in [-0.25, -0.2) is 0 Å². The van der Waals surface area contributed by atoms with Crippen LogP contribution < -0.4 is 0 Å². The molecule has 1 aromatic carbocycles. The van der Waals surface area contributed by atoms with Gasteiger partial charge in [0.15, 0.2) is 0 Å². The third-order valence-corrected chi connectivity index (χ3v) is 5.28. The molecule has 1 aromatic heterocycles. The van der Waals surface area contributed by atoms with Crippen LogP contribution in [0.25, 0.3) is 0 Å². The van der Waals surface area contributed by atoms with E-state index in [2.05, 4.69) is 81.8 Å². The van der Waals surface area contributed by atoms with Crippen LogP contribution >= 0.6 is 49.9 Å². The molecule has 0 spiro atoms. The highest BCUT2D eigenvalue weighted by Crippen LogP contribution is 2.35. The second kappa shape index (κ2) is 4.97. The Morgan fingerprint density at radius 3 is 2.33 bits per heavy atom. The fourth-order valence-corrected chi connectivity index (χ4v) is 3.37. The molecule has 0 saturated carbocycles. The molecular formula is C12H10BrIS. The Morgan fingerprint density at radius 1 is 1.13 bits per heavy atom. The highest BCUT2D eigenvalue weighted by Gasteiger charge is 2.11. The Morgan fingerprint density at radius 2 is 1.80 bits per heavy atom. The molecule has 0 nitrogen and oxygen atoms in total. The largest absolute Gasteiger partial charge is 0.144 e. The van der Waals surface area contributed by atoms with E-state index in [4.69, 9.17) is 0 Å². The van der Waals surface area contributed by atoms with Crippen molar-refractivity contribution in [3.05, 3.63) is 55.3 Å². The molecular weight excluding hydrogens is 383 g/mol. The number of aryl methyl sites for hydroxylation is 1. The zero-order valence-electron chi connectivity index (χ0n) is 8.21. The van der Waals surface area contributed by atoms with Gasteiger partial charge in [-0.15, -0.1) is 11.3 Å². The topological polar surface area (TPSA) is 0 Å². The third kappa shape index (κ3) is 2.82. The summed E-state index contributed by atoms with van der Waals surface area (Å²) in [5.74, 6) is 0. The first kappa shape index (κ1) is 11.6. The standard InChI is InChI=1S/C12H10BrIS/c1-8-2-7-11(15-8)12(13)9-3-5-10(14)6-4-9/h2-7,12H,1H3. The van der Waals surface area contributed by atoms with Gasteiger partial charge >= 0.3 is 0 Å². The number of hydrogen-bond donors (Lipinski definition) is 0. The van der Waals surface area contributed by atoms with E-state index in [0.717, 1.165) is 0 Å². The molecule has 1 atom stereocenters. The molecule has 2 aromatic rings. The second-order valence-electron chi connectivity index (χ2n) is 3.36. The molecule has 0 fully saturated rings. The Bertz CT molecular complexity index is 447. The van der Waals surface area contributed by atoms with Gasteiger partial charge in [0.25, 0.3) is 0 Å². The minimum atomic E-state index is 0.327. The third-order valence-electron chi connectivity index (χ3n) is 2.17. The number of alkyl halides is 1. The average Bonchev–Trinajstić information content (AvgIpc) is 2.65. The minimum absolute atomic E-state index is 0.327. The Hall–Kier alpha value is 0.130. The molecule has 1 unspecified atom stereocenters. The average molecular weight is 393 g/mol. The summed E-state index contributed by atoms with van der Waals surface area (Å²) in [4.78, 5) is 3.06. The molecule has 0 aliphatic rings. The molecule has 1 heterocycles. The summed E-state index contributed by atoms with van der Waals surface area (Å²) in [6.07, 6.45) is 0. The number of rotatable bonds is 2. The summed E-state index contributed by atoms with van der Waals surface area (Å²) in [6, 6.07) is 13.0. The van der Waals surface area contributed by atoms with Crippen LogP contribution in [-0.4, -0.2) is 0 Å². The lowest BCUT2D eigenvalue weighted by atomic mass is 10.1. The highest BCUT2D eigenvalue weighted by molar-refractivity contribution is 14.1. The van der Waals surface area contributed by atoms with Gasteiger partial charge in [-0.1, -0.05) is 28.1 Å². The first-order valence-electron chi connectivity index (χ1n) is 4.62. The van der Waals surface area contributed by atoms with E-state index in [1.54, 1.807) is 0 Å². The molecule has 2 rings (SSSR count). The molecule has 15 heavy (non-hydrogen) atoms. The fraction of sp³-hybridized carbons (Fsp3) is 0.167. The van der Waals surface area contributed by atoms with Crippen molar-refractivity contribution in [1.82, 2.24) is 0 Å². The second-order valence-corrected chi connectivity index (χ2v) is 6.84. The summed E-state index contributed by atoms with van der Waals surface area (Å²) < 4.78 is 1.28. The van der Waals surface area contributed by atoms with Crippen molar-refractivity contribution in [3.8, 4) is 0 Å². The van der Waals surface area contributed by atoms with E-state index >= 15 is 0 Å². The van der Waals surface area contributed by atoms with Crippen LogP contribution in [0.15, 0.2) is 36.4 Å². The van der Waals surface area contributed by atoms with Crippen molar-refractivity contribution in [3.63, 3.8) is 0 Å². The van der Waals surface area contributed by atoms with Gasteiger partial charge in [0.1, 0.15) is 0 Å². The van der Waals surface area contributed by atoms with Crippen molar-refractivity contribution in [1.29, 1.82) is 0 Å². The van der Waals surface area contributed by atoms with E-state index in [9.17, 15) is 0 Å². The molecule has 78 valence electrons. The Balaban J connectivity index is 2.28. The monoisotopic (exact) mass is 392 g/mol. The maximum absolute atomic E-state index is 3.74. The van der Waals surface area contributed by atoms with Gasteiger partial charge in [-0.05, 0) is 59.3 Å². The van der Waals surface area contributed by atoms with E-state index < -0.39 is 0 Å². The molecule has 0 radical (unpaired) electrons. The van der Waals surface area contributed by atoms with Crippen molar-refractivity contribution in [2.45, 2.75) is 11.8 Å². The minimum Gasteiger partial charge on any atom is -0.144 e. The lowest BCUT2D eigenvalue weighted by molar-refractivity contribution is 1.22. The van der Waals surface area contributed by atoms with Gasteiger partial charge in [0, 0.05) is 13.3 Å². The molecule has 0 bridgehead atoms. The molecule has 0 saturated heterocycles. The lowest BCUT2D eigenvalue weighted by Crippen LogP contribution is -1.88. The summed E-state index contributed by atoms with van der Waals surface area (Å²) >= 11 is 7.91. The Kier molecular flexibility index (Phi) is 3.85. The molecule has 0 aliphatic heterocycles. The summed E-state index contributed by atoms with van der Waals surface area (Å²) in [5.41, 5.74) is 1.32. The van der Waals surface area contributed by atoms with Gasteiger partial charge < -0.3 is 0 Å². The predicted octanol–water partition coefficient (Wildman–Crippen LogP) is 5.15. The number of halogens is 2. The van der Waals surface area contributed by atoms with Crippen LogP contribution in [0.1, 0.15) is 20.1 Å².